The van der Waals surface area contributed by atoms with E-state index < -0.39 is 109 Å². The molecule has 0 spiro atoms. The van der Waals surface area contributed by atoms with Crippen LogP contribution in [0.5, 0.6) is 11.5 Å². The van der Waals surface area contributed by atoms with Crippen molar-refractivity contribution in [2.24, 2.45) is 11.5 Å². The van der Waals surface area contributed by atoms with Crippen LogP contribution >= 0.6 is 0 Å². The van der Waals surface area contributed by atoms with E-state index >= 15 is 0 Å². The monoisotopic (exact) mass is 931 g/mol. The number of nitrogens with two attached hydrogens (primary N) is 2. The fraction of sp³-hybridized carbons (Fsp3) is 0.400. The average molecular weight is 932 g/mol. The molecular formula is C45H57N9O13. The van der Waals surface area contributed by atoms with Crippen LogP contribution in [0.3, 0.4) is 0 Å². The van der Waals surface area contributed by atoms with Gasteiger partial charge in [0, 0.05) is 32.2 Å². The summed E-state index contributed by atoms with van der Waals surface area (Å²) >= 11 is 0. The maximum Gasteiger partial charge on any atom is 0.320 e. The van der Waals surface area contributed by atoms with E-state index in [0.717, 1.165) is 0 Å². The van der Waals surface area contributed by atoms with Crippen LogP contribution in [0.2, 0.25) is 0 Å². The molecule has 0 bridgehead atoms. The Labute approximate surface area is 385 Å². The van der Waals surface area contributed by atoms with Gasteiger partial charge in [-0.3, -0.25) is 43.2 Å². The molecule has 3 aromatic rings. The lowest BCUT2D eigenvalue weighted by molar-refractivity contribution is -0.142. The van der Waals surface area contributed by atoms with Crippen LogP contribution in [0, 0.1) is 0 Å². The zero-order valence-corrected chi connectivity index (χ0v) is 36.7. The average Bonchev–Trinajstić information content (AvgIpc) is 3.80. The van der Waals surface area contributed by atoms with Crippen molar-refractivity contribution in [2.75, 3.05) is 19.7 Å². The number of nitrogens with zero attached hydrogens (tertiary/aromatic N) is 1. The van der Waals surface area contributed by atoms with E-state index in [4.69, 9.17) is 16.6 Å². The van der Waals surface area contributed by atoms with E-state index in [-0.39, 0.29) is 56.6 Å². The number of aromatic hydroxyl groups is 2. The van der Waals surface area contributed by atoms with Gasteiger partial charge in [-0.1, -0.05) is 54.6 Å². The fourth-order valence-electron chi connectivity index (χ4n) is 7.07. The first kappa shape index (κ1) is 52.0. The van der Waals surface area contributed by atoms with Gasteiger partial charge in [0.05, 0.1) is 13.2 Å². The Balaban J connectivity index is 1.46. The lowest BCUT2D eigenvalue weighted by Crippen LogP contribution is -2.58. The number of carbonyl (C=O) groups excluding carboxylic acids is 8. The van der Waals surface area contributed by atoms with Crippen molar-refractivity contribution in [1.29, 1.82) is 0 Å². The van der Waals surface area contributed by atoms with Crippen molar-refractivity contribution in [2.45, 2.75) is 94.2 Å². The van der Waals surface area contributed by atoms with Crippen LogP contribution in [0.25, 0.3) is 0 Å². The molecule has 0 radical (unpaired) electrons. The first-order chi connectivity index (χ1) is 31.8. The summed E-state index contributed by atoms with van der Waals surface area (Å²) in [6, 6.07) is 11.3. The number of aliphatic carboxylic acids is 1. The molecule has 0 saturated carbocycles. The number of hydrogen-bond donors (Lipinski definition) is 12. The van der Waals surface area contributed by atoms with Gasteiger partial charge in [-0.25, -0.2) is 0 Å². The van der Waals surface area contributed by atoms with E-state index in [2.05, 4.69) is 31.9 Å². The van der Waals surface area contributed by atoms with Crippen LogP contribution < -0.4 is 43.4 Å². The van der Waals surface area contributed by atoms with Gasteiger partial charge in [0.2, 0.25) is 47.3 Å². The predicted molar refractivity (Wildman–Crippen MR) is 238 cm³/mol. The molecular weight excluding hydrogens is 875 g/mol. The molecule has 67 heavy (non-hydrogen) atoms. The van der Waals surface area contributed by atoms with Crippen LogP contribution in [-0.4, -0.2) is 141 Å². The quantitative estimate of drug-likeness (QED) is 0.0437. The summed E-state index contributed by atoms with van der Waals surface area (Å²) in [6.45, 7) is 0.0147. The second-order valence-electron chi connectivity index (χ2n) is 16.0. The number of amides is 8. The summed E-state index contributed by atoms with van der Waals surface area (Å²) in [5.41, 5.74) is 12.5. The maximum atomic E-state index is 14.1. The third kappa shape index (κ3) is 16.4. The zero-order chi connectivity index (χ0) is 49.2. The number of aliphatic hydroxyl groups excluding tert-OH is 1. The zero-order valence-electron chi connectivity index (χ0n) is 36.7. The van der Waals surface area contributed by atoms with Gasteiger partial charge in [0.1, 0.15) is 53.8 Å². The summed E-state index contributed by atoms with van der Waals surface area (Å²) in [5.74, 6) is -7.72. The molecule has 0 aromatic heterocycles. The van der Waals surface area contributed by atoms with Crippen molar-refractivity contribution in [1.82, 2.24) is 36.8 Å². The van der Waals surface area contributed by atoms with Gasteiger partial charge in [0.15, 0.2) is 0 Å². The van der Waals surface area contributed by atoms with E-state index in [9.17, 15) is 58.5 Å². The minimum absolute atomic E-state index is 0.0431. The molecule has 0 aliphatic carbocycles. The van der Waals surface area contributed by atoms with Crippen LogP contribution in [0.15, 0.2) is 78.9 Å². The Morgan fingerprint density at radius 3 is 1.76 bits per heavy atom. The Bertz CT molecular complexity index is 2230. The minimum Gasteiger partial charge on any atom is -0.508 e. The molecule has 3 aromatic carbocycles. The van der Waals surface area contributed by atoms with Crippen molar-refractivity contribution in [3.05, 3.63) is 95.6 Å². The summed E-state index contributed by atoms with van der Waals surface area (Å²) in [6.07, 6.45) is -0.175. The predicted octanol–water partition coefficient (Wildman–Crippen LogP) is -2.65. The third-order valence-electron chi connectivity index (χ3n) is 10.8. The lowest BCUT2D eigenvalue weighted by Gasteiger charge is -2.29. The summed E-state index contributed by atoms with van der Waals surface area (Å²) in [5, 5.41) is 53.2. The van der Waals surface area contributed by atoms with E-state index in [0.29, 0.717) is 23.1 Å². The van der Waals surface area contributed by atoms with Gasteiger partial charge in [0.25, 0.3) is 0 Å². The van der Waals surface area contributed by atoms with Crippen molar-refractivity contribution < 1.29 is 63.6 Å². The molecule has 1 saturated heterocycles. The largest absolute Gasteiger partial charge is 0.508 e. The summed E-state index contributed by atoms with van der Waals surface area (Å²) in [7, 11) is 0. The Morgan fingerprint density at radius 1 is 0.672 bits per heavy atom. The Hall–Kier alpha value is -7.59. The number of primary amides is 1. The molecule has 7 atom stereocenters. The molecule has 14 N–H and O–H groups in total. The lowest BCUT2D eigenvalue weighted by atomic mass is 10.0. The highest BCUT2D eigenvalue weighted by Gasteiger charge is 2.39. The SMILES string of the molecule is C[C@H](NC(=O)[C@H](Cc1ccc(O)cc1)NC(=O)CC[C@H](N)C(=O)O)C(=O)N[C@@H](Cc1ccccc1)C(=O)NCC(=O)N[C@@H](Cc1ccc(O)cc1)C(=O)N1CCC[C@H]1C(=O)N[C@@H](CO)C(N)=O. The molecule has 0 unspecified atom stereocenters. The number of likely N-dealkylation sites (tertiary alicyclic amines) is 1. The van der Waals surface area contributed by atoms with Crippen molar-refractivity contribution in [3.63, 3.8) is 0 Å². The molecule has 4 rings (SSSR count). The molecule has 1 fully saturated rings. The number of carboxylic acids is 1. The number of rotatable bonds is 24. The number of benzene rings is 3. The van der Waals surface area contributed by atoms with Crippen molar-refractivity contribution >= 4 is 53.2 Å². The summed E-state index contributed by atoms with van der Waals surface area (Å²) < 4.78 is 0. The Kier molecular flexibility index (Phi) is 19.6. The fourth-order valence-corrected chi connectivity index (χ4v) is 7.07. The van der Waals surface area contributed by atoms with E-state index in [1.165, 1.54) is 60.4 Å². The first-order valence-corrected chi connectivity index (χ1v) is 21.4. The first-order valence-electron chi connectivity index (χ1n) is 21.4. The molecule has 1 aliphatic heterocycles. The van der Waals surface area contributed by atoms with Gasteiger partial charge in [-0.15, -0.1) is 0 Å². The third-order valence-corrected chi connectivity index (χ3v) is 10.8. The van der Waals surface area contributed by atoms with Crippen LogP contribution in [0.4, 0.5) is 0 Å². The number of hydrogen-bond acceptors (Lipinski definition) is 13. The van der Waals surface area contributed by atoms with Gasteiger partial charge in [-0.2, -0.15) is 0 Å². The van der Waals surface area contributed by atoms with Gasteiger partial charge >= 0.3 is 5.97 Å². The molecule has 1 aliphatic rings. The topological polar surface area (TPSA) is 362 Å². The maximum absolute atomic E-state index is 14.1. The number of nitrogens with one attached hydrogen (secondary N) is 6. The number of aliphatic hydroxyl groups is 1. The Morgan fingerprint density at radius 2 is 1.21 bits per heavy atom. The molecule has 1 heterocycles. The molecule has 8 amide bonds. The van der Waals surface area contributed by atoms with Crippen LogP contribution in [-0.2, 0) is 62.4 Å². The second kappa shape index (κ2) is 25.2. The smallest absolute Gasteiger partial charge is 0.320 e. The number of carboxylic acid groups (broad SMARTS) is 1. The number of carbonyl (C=O) groups is 9. The van der Waals surface area contributed by atoms with Crippen molar-refractivity contribution in [3.8, 4) is 11.5 Å². The highest BCUT2D eigenvalue weighted by molar-refractivity contribution is 5.97. The minimum atomic E-state index is -1.39. The molecule has 360 valence electrons. The van der Waals surface area contributed by atoms with Gasteiger partial charge < -0.3 is 68.7 Å². The number of phenolic OH excluding ortho intramolecular Hbond substituents is 2. The van der Waals surface area contributed by atoms with E-state index in [1.54, 1.807) is 30.3 Å². The number of phenols is 2. The molecule has 22 heteroatoms. The highest BCUT2D eigenvalue weighted by Crippen LogP contribution is 2.21. The van der Waals surface area contributed by atoms with Gasteiger partial charge in [-0.05, 0) is 67.1 Å². The van der Waals surface area contributed by atoms with E-state index in [1.807, 2.05) is 0 Å². The molecule has 22 nitrogen and oxygen atoms in total. The standard InChI is InChI=1S/C45H57N9O13/c1-25(49-42(63)33(21-27-9-13-29(56)14-10-27)50-37(58)18-17-31(46)45(66)67)40(61)52-32(20-26-6-3-2-4-7-26)41(62)48-23-38(59)51-34(22-28-11-15-30(57)16-12-28)44(65)54-19-5-8-36(54)43(64)53-35(24-55)39(47)60/h2-4,6-7,9-16,25,31-36,55-57H,5,8,17-24,46H2,1H3,(H2,47,60)(H,48,62)(H,49,63)(H,50,58)(H,51,59)(H,52,61)(H,53,64)(H,66,67)/t25-,31-,32-,33-,34-,35-,36-/m0/s1. The highest BCUT2D eigenvalue weighted by atomic mass is 16.4. The second-order valence-corrected chi connectivity index (χ2v) is 16.0. The van der Waals surface area contributed by atoms with Crippen LogP contribution in [0.1, 0.15) is 49.3 Å². The normalized spacial score (nSPS) is 15.9. The summed E-state index contributed by atoms with van der Waals surface area (Å²) in [4.78, 5) is 119.